The van der Waals surface area contributed by atoms with E-state index in [2.05, 4.69) is 10.5 Å². The van der Waals surface area contributed by atoms with E-state index in [0.717, 1.165) is 22.2 Å². The topological polar surface area (TPSA) is 41.5 Å². The molecular formula is C18H12ClF3N2OS. The number of hydrogen-bond donors (Lipinski definition) is 1. The molecule has 0 fully saturated rings. The van der Waals surface area contributed by atoms with Crippen molar-refractivity contribution in [2.75, 3.05) is 0 Å². The van der Waals surface area contributed by atoms with Crippen molar-refractivity contribution in [3.05, 3.63) is 69.6 Å². The fourth-order valence-corrected chi connectivity index (χ4v) is 3.74. The molecule has 0 atom stereocenters. The summed E-state index contributed by atoms with van der Waals surface area (Å²) in [5.74, 6) is -0.512. The number of hydrazone groups is 1. The third-order valence-corrected chi connectivity index (χ3v) is 5.35. The van der Waals surface area contributed by atoms with Gasteiger partial charge in [0.05, 0.1) is 16.3 Å². The van der Waals surface area contributed by atoms with E-state index in [-0.39, 0.29) is 11.3 Å². The molecule has 0 unspecified atom stereocenters. The predicted octanol–water partition coefficient (Wildman–Crippen LogP) is 5.73. The number of rotatable bonds is 3. The van der Waals surface area contributed by atoms with Crippen molar-refractivity contribution in [1.29, 1.82) is 0 Å². The standard InChI is InChI=1S/C18H12ClF3N2OS/c1-10(11-5-4-6-12(9-11)18(20,21)22)23-24-17(25)16-15(19)13-7-2-3-8-14(13)26-16/h2-9H,1H3,(H,24,25)/b23-10+. The number of carbonyl (C=O) groups is 1. The minimum atomic E-state index is -4.44. The summed E-state index contributed by atoms with van der Waals surface area (Å²) in [6.45, 7) is 1.52. The molecule has 0 spiro atoms. The number of halogens is 4. The van der Waals surface area contributed by atoms with Gasteiger partial charge in [-0.15, -0.1) is 11.3 Å². The van der Waals surface area contributed by atoms with Gasteiger partial charge >= 0.3 is 6.18 Å². The third-order valence-electron chi connectivity index (χ3n) is 3.67. The van der Waals surface area contributed by atoms with Crippen LogP contribution >= 0.6 is 22.9 Å². The number of carbonyl (C=O) groups excluding carboxylic acids is 1. The normalized spacial score (nSPS) is 12.4. The molecule has 3 nitrogen and oxygen atoms in total. The Morgan fingerprint density at radius 2 is 1.88 bits per heavy atom. The molecule has 1 N–H and O–H groups in total. The van der Waals surface area contributed by atoms with Crippen LogP contribution in [0.15, 0.2) is 53.6 Å². The molecule has 0 saturated heterocycles. The molecule has 3 rings (SSSR count). The highest BCUT2D eigenvalue weighted by Crippen LogP contribution is 2.35. The van der Waals surface area contributed by atoms with E-state index in [1.54, 1.807) is 0 Å². The summed E-state index contributed by atoms with van der Waals surface area (Å²) in [6, 6.07) is 12.1. The highest BCUT2D eigenvalue weighted by molar-refractivity contribution is 7.21. The minimum absolute atomic E-state index is 0.252. The zero-order valence-corrected chi connectivity index (χ0v) is 15.0. The molecule has 26 heavy (non-hydrogen) atoms. The van der Waals surface area contributed by atoms with Crippen molar-refractivity contribution in [1.82, 2.24) is 5.43 Å². The van der Waals surface area contributed by atoms with Gasteiger partial charge in [-0.25, -0.2) is 5.43 Å². The van der Waals surface area contributed by atoms with Crippen LogP contribution in [0.5, 0.6) is 0 Å². The fourth-order valence-electron chi connectivity index (χ4n) is 2.33. The van der Waals surface area contributed by atoms with Crippen LogP contribution in [0.2, 0.25) is 5.02 Å². The molecule has 0 aliphatic rings. The molecule has 8 heteroatoms. The maximum Gasteiger partial charge on any atom is 0.416 e. The quantitative estimate of drug-likeness (QED) is 0.446. The van der Waals surface area contributed by atoms with Crippen LogP contribution in [0.3, 0.4) is 0 Å². The lowest BCUT2D eigenvalue weighted by molar-refractivity contribution is -0.137. The van der Waals surface area contributed by atoms with Gasteiger partial charge in [0.2, 0.25) is 0 Å². The first-order chi connectivity index (χ1) is 12.3. The van der Waals surface area contributed by atoms with Crippen LogP contribution in [0, 0.1) is 0 Å². The van der Waals surface area contributed by atoms with Gasteiger partial charge in [0, 0.05) is 10.1 Å². The second-order valence-electron chi connectivity index (χ2n) is 5.46. The first kappa shape index (κ1) is 18.4. The number of amides is 1. The second kappa shape index (κ2) is 7.09. The Kier molecular flexibility index (Phi) is 5.02. The summed E-state index contributed by atoms with van der Waals surface area (Å²) in [6.07, 6.45) is -4.44. The number of fused-ring (bicyclic) bond motifs is 1. The maximum atomic E-state index is 12.8. The van der Waals surface area contributed by atoms with E-state index >= 15 is 0 Å². The SMILES string of the molecule is C/C(=N\NC(=O)c1sc2ccccc2c1Cl)c1cccc(C(F)(F)F)c1. The van der Waals surface area contributed by atoms with Crippen LogP contribution in [0.1, 0.15) is 27.7 Å². The predicted molar refractivity (Wildman–Crippen MR) is 98.0 cm³/mol. The summed E-state index contributed by atoms with van der Waals surface area (Å²) in [4.78, 5) is 12.6. The highest BCUT2D eigenvalue weighted by atomic mass is 35.5. The van der Waals surface area contributed by atoms with Crippen molar-refractivity contribution in [3.8, 4) is 0 Å². The maximum absolute atomic E-state index is 12.8. The Bertz CT molecular complexity index is 1010. The number of benzene rings is 2. The van der Waals surface area contributed by atoms with Crippen molar-refractivity contribution in [3.63, 3.8) is 0 Å². The number of hydrogen-bond acceptors (Lipinski definition) is 3. The van der Waals surface area contributed by atoms with Gasteiger partial charge in [0.1, 0.15) is 4.88 Å². The van der Waals surface area contributed by atoms with Crippen molar-refractivity contribution >= 4 is 44.6 Å². The summed E-state index contributed by atoms with van der Waals surface area (Å²) in [7, 11) is 0. The van der Waals surface area contributed by atoms with Gasteiger partial charge in [-0.3, -0.25) is 4.79 Å². The average molecular weight is 397 g/mol. The Morgan fingerprint density at radius 3 is 2.58 bits per heavy atom. The highest BCUT2D eigenvalue weighted by Gasteiger charge is 2.30. The molecule has 2 aromatic carbocycles. The van der Waals surface area contributed by atoms with Gasteiger partial charge in [0.25, 0.3) is 5.91 Å². The van der Waals surface area contributed by atoms with Crippen molar-refractivity contribution in [2.45, 2.75) is 13.1 Å². The first-order valence-corrected chi connectivity index (χ1v) is 8.66. The van der Waals surface area contributed by atoms with E-state index in [1.807, 2.05) is 24.3 Å². The molecule has 0 saturated carbocycles. The van der Waals surface area contributed by atoms with Gasteiger partial charge < -0.3 is 0 Å². The van der Waals surface area contributed by atoms with Gasteiger partial charge in [-0.1, -0.05) is 41.9 Å². The Labute approximate surface area is 156 Å². The summed E-state index contributed by atoms with van der Waals surface area (Å²) in [5, 5.41) is 5.00. The number of nitrogens with one attached hydrogen (secondary N) is 1. The lowest BCUT2D eigenvalue weighted by Crippen LogP contribution is -2.18. The lowest BCUT2D eigenvalue weighted by Gasteiger charge is -2.08. The second-order valence-corrected chi connectivity index (χ2v) is 6.89. The van der Waals surface area contributed by atoms with Crippen molar-refractivity contribution in [2.24, 2.45) is 5.10 Å². The monoisotopic (exact) mass is 396 g/mol. The van der Waals surface area contributed by atoms with E-state index in [1.165, 1.54) is 30.4 Å². The zero-order valence-electron chi connectivity index (χ0n) is 13.4. The number of alkyl halides is 3. The molecule has 0 aliphatic heterocycles. The summed E-state index contributed by atoms with van der Waals surface area (Å²) in [5.41, 5.74) is 2.09. The number of thiophene rings is 1. The smallest absolute Gasteiger partial charge is 0.266 e. The zero-order chi connectivity index (χ0) is 18.9. The third kappa shape index (κ3) is 3.73. The van der Waals surface area contributed by atoms with E-state index in [0.29, 0.717) is 9.90 Å². The van der Waals surface area contributed by atoms with Crippen LogP contribution in [0.4, 0.5) is 13.2 Å². The largest absolute Gasteiger partial charge is 0.416 e. The minimum Gasteiger partial charge on any atom is -0.266 e. The molecule has 1 heterocycles. The average Bonchev–Trinajstić information content (AvgIpc) is 2.96. The molecular weight excluding hydrogens is 385 g/mol. The van der Waals surface area contributed by atoms with E-state index in [4.69, 9.17) is 11.6 Å². The molecule has 3 aromatic rings. The Hall–Kier alpha value is -2.38. The van der Waals surface area contributed by atoms with Crippen LogP contribution in [0.25, 0.3) is 10.1 Å². The molecule has 1 amide bonds. The van der Waals surface area contributed by atoms with Crippen LogP contribution in [-0.4, -0.2) is 11.6 Å². The van der Waals surface area contributed by atoms with Gasteiger partial charge in [0.15, 0.2) is 0 Å². The Balaban J connectivity index is 1.82. The molecule has 0 radical (unpaired) electrons. The summed E-state index contributed by atoms with van der Waals surface area (Å²) >= 11 is 7.45. The Morgan fingerprint density at radius 1 is 1.15 bits per heavy atom. The molecule has 0 bridgehead atoms. The fraction of sp³-hybridized carbons (Fsp3) is 0.111. The van der Waals surface area contributed by atoms with E-state index < -0.39 is 17.6 Å². The first-order valence-electron chi connectivity index (χ1n) is 7.46. The van der Waals surface area contributed by atoms with Gasteiger partial charge in [-0.05, 0) is 30.7 Å². The molecule has 1 aromatic heterocycles. The number of nitrogens with zero attached hydrogens (tertiary/aromatic N) is 1. The van der Waals surface area contributed by atoms with Gasteiger partial charge in [-0.2, -0.15) is 18.3 Å². The van der Waals surface area contributed by atoms with Crippen LogP contribution < -0.4 is 5.43 Å². The lowest BCUT2D eigenvalue weighted by atomic mass is 10.1. The molecule has 134 valence electrons. The van der Waals surface area contributed by atoms with E-state index in [9.17, 15) is 18.0 Å². The molecule has 0 aliphatic carbocycles. The van der Waals surface area contributed by atoms with Crippen LogP contribution in [-0.2, 0) is 6.18 Å². The van der Waals surface area contributed by atoms with Crippen molar-refractivity contribution < 1.29 is 18.0 Å². The summed E-state index contributed by atoms with van der Waals surface area (Å²) < 4.78 is 39.2.